The highest BCUT2D eigenvalue weighted by atomic mass is 19.1. The smallest absolute Gasteiger partial charge is 0.410 e. The van der Waals surface area contributed by atoms with E-state index in [0.717, 1.165) is 40.8 Å². The number of halogens is 1. The summed E-state index contributed by atoms with van der Waals surface area (Å²) >= 11 is 0. The lowest BCUT2D eigenvalue weighted by Gasteiger charge is -2.33. The van der Waals surface area contributed by atoms with Crippen LogP contribution in [0, 0.1) is 5.82 Å². The first-order chi connectivity index (χ1) is 16.7. The highest BCUT2D eigenvalue weighted by Crippen LogP contribution is 2.37. The molecule has 1 saturated heterocycles. The second-order valence-electron chi connectivity index (χ2n) is 10.3. The van der Waals surface area contributed by atoms with Crippen LogP contribution in [0.2, 0.25) is 0 Å². The molecule has 0 radical (unpaired) electrons. The van der Waals surface area contributed by atoms with Crippen molar-refractivity contribution in [3.05, 3.63) is 72.4 Å². The summed E-state index contributed by atoms with van der Waals surface area (Å²) in [6.07, 6.45) is 7.38. The van der Waals surface area contributed by atoms with Gasteiger partial charge in [-0.05, 0) is 87.6 Å². The zero-order chi connectivity index (χ0) is 24.7. The standard InChI is InChI=1S/C28H31FN4O2/c1-28(2,3)35-27(34)32-14-11-19(12-15-32)24-18-33(22-8-6-21(29)7-9-22)25-10-5-20(17-23(24)25)26-30-13-16-31(26)4/h5-10,13,16-19H,11-12,14-15H2,1-4H3. The van der Waals surface area contributed by atoms with E-state index in [1.54, 1.807) is 23.2 Å². The lowest BCUT2D eigenvalue weighted by Crippen LogP contribution is -2.41. The van der Waals surface area contributed by atoms with Crippen molar-refractivity contribution in [1.82, 2.24) is 19.0 Å². The van der Waals surface area contributed by atoms with Gasteiger partial charge < -0.3 is 18.8 Å². The Morgan fingerprint density at radius 1 is 1.09 bits per heavy atom. The lowest BCUT2D eigenvalue weighted by molar-refractivity contribution is 0.0205. The van der Waals surface area contributed by atoms with Crippen molar-refractivity contribution in [2.45, 2.75) is 45.1 Å². The minimum absolute atomic E-state index is 0.248. The van der Waals surface area contributed by atoms with E-state index in [0.29, 0.717) is 19.0 Å². The number of piperidine rings is 1. The Kier molecular flexibility index (Phi) is 5.87. The van der Waals surface area contributed by atoms with E-state index in [-0.39, 0.29) is 11.9 Å². The first-order valence-electron chi connectivity index (χ1n) is 12.1. The lowest BCUT2D eigenvalue weighted by atomic mass is 9.89. The van der Waals surface area contributed by atoms with E-state index in [9.17, 15) is 9.18 Å². The molecule has 1 amide bonds. The molecule has 1 fully saturated rings. The fourth-order valence-electron chi connectivity index (χ4n) is 4.88. The Labute approximate surface area is 204 Å². The number of aryl methyl sites for hydroxylation is 1. The van der Waals surface area contributed by atoms with E-state index < -0.39 is 5.60 Å². The van der Waals surface area contributed by atoms with Crippen LogP contribution in [0.3, 0.4) is 0 Å². The first kappa shape index (κ1) is 23.1. The number of fused-ring (bicyclic) bond motifs is 1. The topological polar surface area (TPSA) is 52.3 Å². The van der Waals surface area contributed by atoms with Crippen molar-refractivity contribution in [2.24, 2.45) is 7.05 Å². The molecule has 6 nitrogen and oxygen atoms in total. The van der Waals surface area contributed by atoms with Crippen LogP contribution in [-0.4, -0.2) is 43.8 Å². The summed E-state index contributed by atoms with van der Waals surface area (Å²) in [7, 11) is 1.99. The minimum atomic E-state index is -0.502. The summed E-state index contributed by atoms with van der Waals surface area (Å²) in [4.78, 5) is 18.9. The van der Waals surface area contributed by atoms with Gasteiger partial charge in [0.25, 0.3) is 0 Å². The fourth-order valence-corrected chi connectivity index (χ4v) is 4.88. The third-order valence-electron chi connectivity index (χ3n) is 6.61. The highest BCUT2D eigenvalue weighted by molar-refractivity contribution is 5.89. The normalized spacial score (nSPS) is 15.1. The summed E-state index contributed by atoms with van der Waals surface area (Å²) in [5, 5.41) is 1.16. The van der Waals surface area contributed by atoms with Crippen molar-refractivity contribution in [1.29, 1.82) is 0 Å². The zero-order valence-corrected chi connectivity index (χ0v) is 20.7. The third kappa shape index (κ3) is 4.67. The Hall–Kier alpha value is -3.61. The molecule has 0 bridgehead atoms. The number of carbonyl (C=O) groups excluding carboxylic acids is 1. The number of imidazole rings is 1. The highest BCUT2D eigenvalue weighted by Gasteiger charge is 2.29. The van der Waals surface area contributed by atoms with E-state index in [1.807, 2.05) is 38.6 Å². The number of hydrogen-bond donors (Lipinski definition) is 0. The van der Waals surface area contributed by atoms with Crippen LogP contribution in [-0.2, 0) is 11.8 Å². The van der Waals surface area contributed by atoms with Crippen molar-refractivity contribution in [2.75, 3.05) is 13.1 Å². The first-order valence-corrected chi connectivity index (χ1v) is 12.1. The number of amides is 1. The molecule has 5 rings (SSSR count). The Bertz CT molecular complexity index is 1360. The molecule has 0 aliphatic carbocycles. The Morgan fingerprint density at radius 2 is 1.80 bits per heavy atom. The third-order valence-corrected chi connectivity index (χ3v) is 6.61. The van der Waals surface area contributed by atoms with E-state index in [1.165, 1.54) is 17.7 Å². The number of rotatable bonds is 3. The summed E-state index contributed by atoms with van der Waals surface area (Å²) in [5.41, 5.74) is 3.77. The molecule has 2 aromatic carbocycles. The van der Waals surface area contributed by atoms with Crippen LogP contribution in [0.4, 0.5) is 9.18 Å². The van der Waals surface area contributed by atoms with Gasteiger partial charge in [-0.2, -0.15) is 0 Å². The van der Waals surface area contributed by atoms with Gasteiger partial charge in [-0.15, -0.1) is 0 Å². The molecule has 4 aromatic rings. The van der Waals surface area contributed by atoms with Crippen molar-refractivity contribution < 1.29 is 13.9 Å². The molecule has 182 valence electrons. The van der Waals surface area contributed by atoms with Gasteiger partial charge >= 0.3 is 6.09 Å². The van der Waals surface area contributed by atoms with E-state index in [4.69, 9.17) is 4.74 Å². The molecule has 0 saturated carbocycles. The van der Waals surface area contributed by atoms with Crippen LogP contribution in [0.15, 0.2) is 61.1 Å². The molecule has 1 aliphatic heterocycles. The van der Waals surface area contributed by atoms with Gasteiger partial charge in [-0.25, -0.2) is 14.2 Å². The van der Waals surface area contributed by atoms with Gasteiger partial charge in [0, 0.05) is 55.4 Å². The van der Waals surface area contributed by atoms with Gasteiger partial charge in [0.05, 0.1) is 5.52 Å². The predicted molar refractivity (Wildman–Crippen MR) is 135 cm³/mol. The second-order valence-corrected chi connectivity index (χ2v) is 10.3. The molecule has 2 aromatic heterocycles. The van der Waals surface area contributed by atoms with Gasteiger partial charge in [0.15, 0.2) is 0 Å². The molecule has 0 spiro atoms. The van der Waals surface area contributed by atoms with Gasteiger partial charge in [0.2, 0.25) is 0 Å². The number of likely N-dealkylation sites (tertiary alicyclic amines) is 1. The van der Waals surface area contributed by atoms with Crippen LogP contribution in [0.5, 0.6) is 0 Å². The molecule has 3 heterocycles. The number of ether oxygens (including phenoxy) is 1. The number of carbonyl (C=O) groups is 1. The van der Waals surface area contributed by atoms with E-state index in [2.05, 4.69) is 33.9 Å². The second kappa shape index (κ2) is 8.87. The maximum atomic E-state index is 13.6. The Morgan fingerprint density at radius 3 is 2.43 bits per heavy atom. The average Bonchev–Trinajstić information content (AvgIpc) is 3.42. The van der Waals surface area contributed by atoms with Crippen molar-refractivity contribution in [3.63, 3.8) is 0 Å². The maximum Gasteiger partial charge on any atom is 0.410 e. The average molecular weight is 475 g/mol. The summed E-state index contributed by atoms with van der Waals surface area (Å²) < 4.78 is 23.3. The minimum Gasteiger partial charge on any atom is -0.444 e. The summed E-state index contributed by atoms with van der Waals surface area (Å²) in [6.45, 7) is 6.98. The Balaban J connectivity index is 1.51. The van der Waals surface area contributed by atoms with Crippen LogP contribution >= 0.6 is 0 Å². The molecule has 7 heteroatoms. The van der Waals surface area contributed by atoms with Gasteiger partial charge in [0.1, 0.15) is 17.2 Å². The van der Waals surface area contributed by atoms with Crippen molar-refractivity contribution >= 4 is 17.0 Å². The molecule has 1 aliphatic rings. The fraction of sp³-hybridized carbons (Fsp3) is 0.357. The molecular weight excluding hydrogens is 443 g/mol. The van der Waals surface area contributed by atoms with Crippen molar-refractivity contribution in [3.8, 4) is 17.1 Å². The number of aromatic nitrogens is 3. The van der Waals surface area contributed by atoms with Gasteiger partial charge in [-0.1, -0.05) is 0 Å². The monoisotopic (exact) mass is 474 g/mol. The van der Waals surface area contributed by atoms with Crippen LogP contribution < -0.4 is 0 Å². The largest absolute Gasteiger partial charge is 0.444 e. The van der Waals surface area contributed by atoms with Gasteiger partial charge in [-0.3, -0.25) is 0 Å². The number of hydrogen-bond acceptors (Lipinski definition) is 3. The predicted octanol–water partition coefficient (Wildman–Crippen LogP) is 6.28. The van der Waals surface area contributed by atoms with E-state index >= 15 is 0 Å². The summed E-state index contributed by atoms with van der Waals surface area (Å²) in [5.74, 6) is 0.957. The number of benzene rings is 2. The molecule has 0 atom stereocenters. The molecular formula is C28H31FN4O2. The quantitative estimate of drug-likeness (QED) is 0.351. The summed E-state index contributed by atoms with van der Waals surface area (Å²) in [6, 6.07) is 13.0. The van der Waals surface area contributed by atoms with Crippen LogP contribution in [0.25, 0.3) is 28.0 Å². The molecule has 0 unspecified atom stereocenters. The molecule has 0 N–H and O–H groups in total. The maximum absolute atomic E-state index is 13.6. The molecule has 35 heavy (non-hydrogen) atoms. The van der Waals surface area contributed by atoms with Crippen LogP contribution in [0.1, 0.15) is 45.1 Å². The SMILES string of the molecule is Cn1ccnc1-c1ccc2c(c1)c(C1CCN(C(=O)OC(C)(C)C)CC1)cn2-c1ccc(F)cc1. The zero-order valence-electron chi connectivity index (χ0n) is 20.7. The number of nitrogens with zero attached hydrogens (tertiary/aromatic N) is 4.